The van der Waals surface area contributed by atoms with E-state index in [1.54, 1.807) is 49.6 Å². The van der Waals surface area contributed by atoms with Crippen LogP contribution < -0.4 is 9.04 Å². The van der Waals surface area contributed by atoms with Gasteiger partial charge in [0, 0.05) is 11.1 Å². The van der Waals surface area contributed by atoms with Crippen LogP contribution in [0, 0.1) is 0 Å². The number of rotatable bonds is 9. The molecule has 172 valence electrons. The minimum absolute atomic E-state index is 0.0202. The molecule has 3 rings (SSSR count). The number of aryl methyl sites for hydroxylation is 1. The molecule has 1 amide bonds. The van der Waals surface area contributed by atoms with Crippen molar-refractivity contribution in [1.29, 1.82) is 0 Å². The van der Waals surface area contributed by atoms with Gasteiger partial charge >= 0.3 is 0 Å². The van der Waals surface area contributed by atoms with E-state index in [2.05, 4.69) is 6.92 Å². The van der Waals surface area contributed by atoms with Crippen LogP contribution in [0.4, 0.5) is 5.69 Å². The molecule has 3 aromatic carbocycles. The quantitative estimate of drug-likeness (QED) is 0.343. The number of amides is 1. The summed E-state index contributed by atoms with van der Waals surface area (Å²) in [6, 6.07) is 19.9. The predicted octanol–water partition coefficient (Wildman–Crippen LogP) is 6.13. The summed E-state index contributed by atoms with van der Waals surface area (Å²) in [4.78, 5) is 13.2. The van der Waals surface area contributed by atoms with E-state index in [0.29, 0.717) is 10.8 Å². The molecule has 5 nitrogen and oxygen atoms in total. The van der Waals surface area contributed by atoms with E-state index >= 15 is 0 Å². The van der Waals surface area contributed by atoms with E-state index in [1.165, 1.54) is 30.3 Å². The highest BCUT2D eigenvalue weighted by molar-refractivity contribution is 7.93. The number of halogens is 1. The summed E-state index contributed by atoms with van der Waals surface area (Å²) in [5, 5.41) is 0.409. The maximum Gasteiger partial charge on any atom is 0.271 e. The standard InChI is InChI=1S/C26H26ClNO4S/c1-3-4-5-20-6-13-23(14-7-20)28(33(30,31)25-17-11-22(27)12-18-25)26(29)19-10-21-8-15-24(32-2)16-9-21/h6-19H,3-5H2,1-2H3/b19-10+. The van der Waals surface area contributed by atoms with Crippen LogP contribution in [-0.4, -0.2) is 21.4 Å². The Kier molecular flexibility index (Phi) is 8.31. The fourth-order valence-electron chi connectivity index (χ4n) is 3.23. The Morgan fingerprint density at radius 3 is 2.18 bits per heavy atom. The molecule has 0 aliphatic carbocycles. The van der Waals surface area contributed by atoms with Gasteiger partial charge in [0.25, 0.3) is 15.9 Å². The highest BCUT2D eigenvalue weighted by Gasteiger charge is 2.29. The lowest BCUT2D eigenvalue weighted by Gasteiger charge is -2.22. The van der Waals surface area contributed by atoms with Gasteiger partial charge in [-0.15, -0.1) is 0 Å². The van der Waals surface area contributed by atoms with Crippen LogP contribution in [0.5, 0.6) is 5.75 Å². The van der Waals surface area contributed by atoms with Crippen molar-refractivity contribution in [2.75, 3.05) is 11.4 Å². The summed E-state index contributed by atoms with van der Waals surface area (Å²) in [7, 11) is -2.59. The lowest BCUT2D eigenvalue weighted by Crippen LogP contribution is -2.35. The first-order valence-electron chi connectivity index (χ1n) is 10.6. The second-order valence-corrected chi connectivity index (χ2v) is 9.66. The molecule has 0 saturated heterocycles. The van der Waals surface area contributed by atoms with Crippen LogP contribution in [0.25, 0.3) is 6.08 Å². The third kappa shape index (κ3) is 6.24. The number of ether oxygens (including phenoxy) is 1. The highest BCUT2D eigenvalue weighted by atomic mass is 35.5. The zero-order chi connectivity index (χ0) is 23.8. The maximum atomic E-state index is 13.4. The molecule has 0 aromatic heterocycles. The molecule has 0 aliphatic rings. The van der Waals surface area contributed by atoms with Crippen molar-refractivity contribution >= 4 is 39.3 Å². The zero-order valence-electron chi connectivity index (χ0n) is 18.6. The number of sulfonamides is 1. The molecular weight excluding hydrogens is 458 g/mol. The Balaban J connectivity index is 1.97. The molecule has 0 atom stereocenters. The summed E-state index contributed by atoms with van der Waals surface area (Å²) in [6.45, 7) is 2.11. The van der Waals surface area contributed by atoms with Crippen molar-refractivity contribution in [3.8, 4) is 5.75 Å². The molecule has 0 radical (unpaired) electrons. The Labute approximate surface area is 200 Å². The smallest absolute Gasteiger partial charge is 0.271 e. The van der Waals surface area contributed by atoms with E-state index in [0.717, 1.165) is 34.7 Å². The summed E-state index contributed by atoms with van der Waals surface area (Å²) >= 11 is 5.92. The first-order chi connectivity index (χ1) is 15.8. The molecule has 0 spiro atoms. The lowest BCUT2D eigenvalue weighted by molar-refractivity contribution is -0.113. The van der Waals surface area contributed by atoms with Crippen molar-refractivity contribution in [2.45, 2.75) is 31.1 Å². The lowest BCUT2D eigenvalue weighted by atomic mass is 10.1. The third-order valence-corrected chi connectivity index (χ3v) is 7.07. The first-order valence-corrected chi connectivity index (χ1v) is 12.4. The average Bonchev–Trinajstić information content (AvgIpc) is 2.83. The van der Waals surface area contributed by atoms with Crippen LogP contribution in [0.2, 0.25) is 5.02 Å². The second-order valence-electron chi connectivity index (χ2n) is 7.44. The number of hydrogen-bond acceptors (Lipinski definition) is 4. The van der Waals surface area contributed by atoms with E-state index in [9.17, 15) is 13.2 Å². The van der Waals surface area contributed by atoms with Gasteiger partial charge in [-0.3, -0.25) is 4.79 Å². The number of nitrogens with zero attached hydrogens (tertiary/aromatic N) is 1. The second kappa shape index (κ2) is 11.2. The van der Waals surface area contributed by atoms with Gasteiger partial charge in [0.15, 0.2) is 0 Å². The summed E-state index contributed by atoms with van der Waals surface area (Å²) in [5.74, 6) is 0.00987. The number of unbranched alkanes of at least 4 members (excludes halogenated alkanes) is 1. The molecule has 0 saturated carbocycles. The molecule has 3 aromatic rings. The molecule has 0 unspecified atom stereocenters. The van der Waals surface area contributed by atoms with Gasteiger partial charge in [-0.1, -0.05) is 49.2 Å². The number of hydrogen-bond donors (Lipinski definition) is 0. The van der Waals surface area contributed by atoms with E-state index < -0.39 is 15.9 Å². The van der Waals surface area contributed by atoms with Gasteiger partial charge in [0.1, 0.15) is 5.75 Å². The Morgan fingerprint density at radius 1 is 0.970 bits per heavy atom. The summed E-state index contributed by atoms with van der Waals surface area (Å²) < 4.78 is 32.9. The van der Waals surface area contributed by atoms with E-state index in [-0.39, 0.29) is 10.6 Å². The SMILES string of the molecule is CCCCc1ccc(N(C(=O)/C=C/c2ccc(OC)cc2)S(=O)(=O)c2ccc(Cl)cc2)cc1. The molecule has 0 N–H and O–H groups in total. The number of anilines is 1. The van der Waals surface area contributed by atoms with Crippen LogP contribution in [0.15, 0.2) is 83.8 Å². The summed E-state index contributed by atoms with van der Waals surface area (Å²) in [5.41, 5.74) is 2.10. The van der Waals surface area contributed by atoms with Crippen LogP contribution in [0.1, 0.15) is 30.9 Å². The Morgan fingerprint density at radius 2 is 1.61 bits per heavy atom. The number of carbonyl (C=O) groups excluding carboxylic acids is 1. The van der Waals surface area contributed by atoms with Crippen LogP contribution in [-0.2, 0) is 21.2 Å². The number of methoxy groups -OCH3 is 1. The largest absolute Gasteiger partial charge is 0.497 e. The zero-order valence-corrected chi connectivity index (χ0v) is 20.1. The molecule has 0 fully saturated rings. The van der Waals surface area contributed by atoms with Crippen molar-refractivity contribution < 1.29 is 17.9 Å². The van der Waals surface area contributed by atoms with Crippen molar-refractivity contribution in [2.24, 2.45) is 0 Å². The van der Waals surface area contributed by atoms with E-state index in [4.69, 9.17) is 16.3 Å². The molecule has 0 heterocycles. The normalized spacial score (nSPS) is 11.5. The van der Waals surface area contributed by atoms with Gasteiger partial charge in [-0.05, 0) is 78.6 Å². The predicted molar refractivity (Wildman–Crippen MR) is 133 cm³/mol. The van der Waals surface area contributed by atoms with Gasteiger partial charge in [-0.25, -0.2) is 8.42 Å². The molecule has 7 heteroatoms. The highest BCUT2D eigenvalue weighted by Crippen LogP contribution is 2.26. The monoisotopic (exact) mass is 483 g/mol. The topological polar surface area (TPSA) is 63.7 Å². The third-order valence-electron chi connectivity index (χ3n) is 5.08. The molecular formula is C26H26ClNO4S. The van der Waals surface area contributed by atoms with Gasteiger partial charge < -0.3 is 4.74 Å². The van der Waals surface area contributed by atoms with Gasteiger partial charge in [-0.2, -0.15) is 4.31 Å². The Hall–Kier alpha value is -3.09. The fraction of sp³-hybridized carbons (Fsp3) is 0.192. The maximum absolute atomic E-state index is 13.4. The van der Waals surface area contributed by atoms with Gasteiger partial charge in [0.2, 0.25) is 0 Å². The van der Waals surface area contributed by atoms with Crippen molar-refractivity contribution in [3.63, 3.8) is 0 Å². The minimum Gasteiger partial charge on any atom is -0.497 e. The average molecular weight is 484 g/mol. The number of benzene rings is 3. The van der Waals surface area contributed by atoms with Crippen LogP contribution >= 0.6 is 11.6 Å². The van der Waals surface area contributed by atoms with Crippen LogP contribution in [0.3, 0.4) is 0 Å². The Bertz CT molecular complexity index is 1200. The summed E-state index contributed by atoms with van der Waals surface area (Å²) in [6.07, 6.45) is 5.82. The fourth-order valence-corrected chi connectivity index (χ4v) is 4.74. The molecule has 0 aliphatic heterocycles. The van der Waals surface area contributed by atoms with Crippen molar-refractivity contribution in [3.05, 3.63) is 95.0 Å². The molecule has 0 bridgehead atoms. The minimum atomic E-state index is -4.16. The first kappa shape index (κ1) is 24.6. The van der Waals surface area contributed by atoms with Crippen molar-refractivity contribution in [1.82, 2.24) is 0 Å². The van der Waals surface area contributed by atoms with E-state index in [1.807, 2.05) is 12.1 Å². The number of carbonyl (C=O) groups is 1. The van der Waals surface area contributed by atoms with Gasteiger partial charge in [0.05, 0.1) is 17.7 Å². The molecule has 33 heavy (non-hydrogen) atoms.